The van der Waals surface area contributed by atoms with Crippen molar-refractivity contribution in [1.29, 1.82) is 0 Å². The largest absolute Gasteiger partial charge is 0.449 e. The Morgan fingerprint density at radius 3 is 2.28 bits per heavy atom. The van der Waals surface area contributed by atoms with E-state index < -0.39 is 27.8 Å². The van der Waals surface area contributed by atoms with Crippen LogP contribution in [0.3, 0.4) is 0 Å². The number of nitrogens with one attached hydrogen (secondary N) is 1. The zero-order valence-corrected chi connectivity index (χ0v) is 18.3. The Kier molecular flexibility index (Phi) is 7.43. The highest BCUT2D eigenvalue weighted by Crippen LogP contribution is 2.23. The topological polar surface area (TPSA) is 89.5 Å². The molecule has 156 valence electrons. The van der Waals surface area contributed by atoms with Crippen LogP contribution in [0.25, 0.3) is 0 Å². The van der Waals surface area contributed by atoms with Gasteiger partial charge < -0.3 is 10.1 Å². The molecule has 0 saturated heterocycles. The molecule has 2 atom stereocenters. The molecule has 0 aliphatic carbocycles. The lowest BCUT2D eigenvalue weighted by atomic mass is 9.99. The molecular formula is C21H24ClNO5S. The monoisotopic (exact) mass is 437 g/mol. The van der Waals surface area contributed by atoms with Gasteiger partial charge in [-0.05, 0) is 55.2 Å². The summed E-state index contributed by atoms with van der Waals surface area (Å²) in [6.07, 6.45) is 0.935. The summed E-state index contributed by atoms with van der Waals surface area (Å²) >= 11 is 5.99. The second-order valence-electron chi connectivity index (χ2n) is 6.88. The minimum Gasteiger partial charge on any atom is -0.449 e. The average Bonchev–Trinajstić information content (AvgIpc) is 2.67. The second-order valence-corrected chi connectivity index (χ2v) is 9.30. The third-order valence-electron chi connectivity index (χ3n) is 4.60. The van der Waals surface area contributed by atoms with Crippen molar-refractivity contribution in [2.24, 2.45) is 0 Å². The number of hydrogen-bond donors (Lipinski definition) is 1. The molecular weight excluding hydrogens is 414 g/mol. The molecule has 0 radical (unpaired) electrons. The average molecular weight is 438 g/mol. The van der Waals surface area contributed by atoms with Crippen molar-refractivity contribution in [3.8, 4) is 0 Å². The van der Waals surface area contributed by atoms with E-state index in [0.29, 0.717) is 11.6 Å². The minimum absolute atomic E-state index is 0.0376. The van der Waals surface area contributed by atoms with Crippen LogP contribution in [0.15, 0.2) is 47.4 Å². The third-order valence-corrected chi connectivity index (χ3v) is 6.04. The van der Waals surface area contributed by atoms with Crippen molar-refractivity contribution in [1.82, 2.24) is 0 Å². The van der Waals surface area contributed by atoms with Crippen LogP contribution in [-0.2, 0) is 19.4 Å². The van der Waals surface area contributed by atoms with Crippen molar-refractivity contribution in [3.63, 3.8) is 0 Å². The molecule has 0 saturated carbocycles. The Morgan fingerprint density at radius 1 is 1.10 bits per heavy atom. The molecule has 0 heterocycles. The van der Waals surface area contributed by atoms with Gasteiger partial charge in [0.1, 0.15) is 0 Å². The molecule has 29 heavy (non-hydrogen) atoms. The minimum atomic E-state index is -3.52. The molecule has 0 aliphatic rings. The normalized spacial score (nSPS) is 13.4. The van der Waals surface area contributed by atoms with E-state index >= 15 is 0 Å². The van der Waals surface area contributed by atoms with Crippen LogP contribution in [0, 0.1) is 0 Å². The number of benzene rings is 2. The second kappa shape index (κ2) is 9.41. The highest BCUT2D eigenvalue weighted by atomic mass is 35.5. The summed E-state index contributed by atoms with van der Waals surface area (Å²) in [7, 11) is -3.52. The summed E-state index contributed by atoms with van der Waals surface area (Å²) in [5, 5.41) is 2.73. The summed E-state index contributed by atoms with van der Waals surface area (Å²) in [6.45, 7) is 5.66. The van der Waals surface area contributed by atoms with Gasteiger partial charge >= 0.3 is 5.97 Å². The third kappa shape index (κ3) is 6.05. The standard InChI is InChI=1S/C21H24ClNO5S/c1-5-13(2)15-6-8-16(9-7-15)23-20(24)14(3)28-21(25)18-12-17(29(4,26)27)10-11-19(18)22/h6-14H,5H2,1-4H3,(H,23,24). The van der Waals surface area contributed by atoms with E-state index in [1.54, 1.807) is 12.1 Å². The first kappa shape index (κ1) is 22.9. The maximum atomic E-state index is 12.4. The van der Waals surface area contributed by atoms with Gasteiger partial charge in [-0.1, -0.05) is 37.6 Å². The SMILES string of the molecule is CCC(C)c1ccc(NC(=O)C(C)OC(=O)c2cc(S(C)(=O)=O)ccc2Cl)cc1. The van der Waals surface area contributed by atoms with E-state index in [1.807, 2.05) is 12.1 Å². The van der Waals surface area contributed by atoms with E-state index in [4.69, 9.17) is 16.3 Å². The molecule has 0 aromatic heterocycles. The number of rotatable bonds is 7. The van der Waals surface area contributed by atoms with Crippen LogP contribution in [0.2, 0.25) is 5.02 Å². The van der Waals surface area contributed by atoms with Crippen LogP contribution in [-0.4, -0.2) is 32.7 Å². The van der Waals surface area contributed by atoms with E-state index in [9.17, 15) is 18.0 Å². The van der Waals surface area contributed by atoms with Crippen LogP contribution >= 0.6 is 11.6 Å². The van der Waals surface area contributed by atoms with Crippen LogP contribution in [0.4, 0.5) is 5.69 Å². The predicted octanol–water partition coefficient (Wildman–Crippen LogP) is 4.44. The Balaban J connectivity index is 2.07. The molecule has 0 aliphatic heterocycles. The number of halogens is 1. The molecule has 2 aromatic rings. The van der Waals surface area contributed by atoms with Gasteiger partial charge in [0, 0.05) is 11.9 Å². The first-order valence-electron chi connectivity index (χ1n) is 9.14. The summed E-state index contributed by atoms with van der Waals surface area (Å²) in [5.74, 6) is -0.965. The number of sulfone groups is 1. The lowest BCUT2D eigenvalue weighted by Gasteiger charge is -2.15. The fourth-order valence-corrected chi connectivity index (χ4v) is 3.39. The van der Waals surface area contributed by atoms with E-state index in [-0.39, 0.29) is 15.5 Å². The van der Waals surface area contributed by atoms with Crippen molar-refractivity contribution >= 4 is 39.0 Å². The molecule has 0 fully saturated rings. The first-order chi connectivity index (χ1) is 13.5. The molecule has 8 heteroatoms. The molecule has 0 bridgehead atoms. The van der Waals surface area contributed by atoms with Crippen molar-refractivity contribution in [2.45, 2.75) is 44.1 Å². The predicted molar refractivity (Wildman–Crippen MR) is 113 cm³/mol. The Hall–Kier alpha value is -2.38. The zero-order valence-electron chi connectivity index (χ0n) is 16.7. The van der Waals surface area contributed by atoms with Crippen LogP contribution < -0.4 is 5.32 Å². The van der Waals surface area contributed by atoms with Gasteiger partial charge in [0.15, 0.2) is 15.9 Å². The Bertz CT molecular complexity index is 1000. The molecule has 0 spiro atoms. The number of ether oxygens (including phenoxy) is 1. The number of carbonyl (C=O) groups is 2. The van der Waals surface area contributed by atoms with Gasteiger partial charge in [-0.2, -0.15) is 0 Å². The molecule has 2 unspecified atom stereocenters. The smallest absolute Gasteiger partial charge is 0.340 e. The number of hydrogen-bond acceptors (Lipinski definition) is 5. The lowest BCUT2D eigenvalue weighted by molar-refractivity contribution is -0.123. The summed E-state index contributed by atoms with van der Waals surface area (Å²) in [5.41, 5.74) is 1.64. The van der Waals surface area contributed by atoms with Crippen LogP contribution in [0.5, 0.6) is 0 Å². The van der Waals surface area contributed by atoms with Crippen molar-refractivity contribution < 1.29 is 22.7 Å². The molecule has 1 N–H and O–H groups in total. The van der Waals surface area contributed by atoms with E-state index in [1.165, 1.54) is 24.6 Å². The quantitative estimate of drug-likeness (QED) is 0.646. The number of carbonyl (C=O) groups excluding carboxylic acids is 2. The lowest BCUT2D eigenvalue weighted by Crippen LogP contribution is -2.30. The Labute approximate surface area is 176 Å². The van der Waals surface area contributed by atoms with E-state index in [0.717, 1.165) is 18.7 Å². The van der Waals surface area contributed by atoms with E-state index in [2.05, 4.69) is 19.2 Å². The number of anilines is 1. The van der Waals surface area contributed by atoms with Gasteiger partial charge in [0.2, 0.25) is 0 Å². The summed E-state index contributed by atoms with van der Waals surface area (Å²) in [6, 6.07) is 11.2. The van der Waals surface area contributed by atoms with Crippen molar-refractivity contribution in [2.75, 3.05) is 11.6 Å². The number of amides is 1. The van der Waals surface area contributed by atoms with Gasteiger partial charge in [-0.25, -0.2) is 13.2 Å². The Morgan fingerprint density at radius 2 is 1.72 bits per heavy atom. The summed E-state index contributed by atoms with van der Waals surface area (Å²) < 4.78 is 28.5. The van der Waals surface area contributed by atoms with Gasteiger partial charge in [0.05, 0.1) is 15.5 Å². The van der Waals surface area contributed by atoms with Gasteiger partial charge in [0.25, 0.3) is 5.91 Å². The summed E-state index contributed by atoms with van der Waals surface area (Å²) in [4.78, 5) is 24.7. The van der Waals surface area contributed by atoms with Gasteiger partial charge in [-0.15, -0.1) is 0 Å². The first-order valence-corrected chi connectivity index (χ1v) is 11.4. The molecule has 2 aromatic carbocycles. The highest BCUT2D eigenvalue weighted by molar-refractivity contribution is 7.90. The maximum absolute atomic E-state index is 12.4. The maximum Gasteiger partial charge on any atom is 0.340 e. The fourth-order valence-electron chi connectivity index (χ4n) is 2.54. The molecule has 1 amide bonds. The highest BCUT2D eigenvalue weighted by Gasteiger charge is 2.22. The zero-order chi connectivity index (χ0) is 21.8. The number of esters is 1. The molecule has 6 nitrogen and oxygen atoms in total. The fraction of sp³-hybridized carbons (Fsp3) is 0.333. The van der Waals surface area contributed by atoms with Crippen molar-refractivity contribution in [3.05, 3.63) is 58.6 Å². The van der Waals surface area contributed by atoms with Crippen LogP contribution in [0.1, 0.15) is 49.0 Å². The molecule has 2 rings (SSSR count). The van der Waals surface area contributed by atoms with Gasteiger partial charge in [-0.3, -0.25) is 4.79 Å².